The van der Waals surface area contributed by atoms with Crippen LogP contribution in [0.15, 0.2) is 121 Å². The highest BCUT2D eigenvalue weighted by molar-refractivity contribution is 6.74. The fourth-order valence-corrected chi connectivity index (χ4v) is 11.5. The van der Waals surface area contributed by atoms with Crippen LogP contribution < -0.4 is 16.2 Å². The molecule has 1 aromatic heterocycles. The molecule has 0 fully saturated rings. The molecule has 2 aliphatic carbocycles. The maximum Gasteiger partial charge on any atom is 0.197 e. The van der Waals surface area contributed by atoms with E-state index in [0.717, 1.165) is 11.4 Å². The minimum absolute atomic E-state index is 0.00882. The van der Waals surface area contributed by atoms with Crippen molar-refractivity contribution in [3.63, 3.8) is 0 Å². The van der Waals surface area contributed by atoms with E-state index in [2.05, 4.69) is 228 Å². The van der Waals surface area contributed by atoms with E-state index >= 15 is 0 Å². The summed E-state index contributed by atoms with van der Waals surface area (Å²) in [7, 11) is 2.57. The minimum Gasteiger partial charge on any atom is -0.355 e. The van der Waals surface area contributed by atoms with Crippen molar-refractivity contribution in [1.82, 2.24) is 4.57 Å². The Morgan fingerprint density at radius 2 is 1.10 bits per heavy atom. The molecule has 0 saturated carbocycles. The molecule has 1 N–H and O–H groups in total. The van der Waals surface area contributed by atoms with Crippen LogP contribution in [0.2, 0.25) is 0 Å². The smallest absolute Gasteiger partial charge is 0.197 e. The molecule has 0 saturated heterocycles. The predicted molar refractivity (Wildman–Crippen MR) is 272 cm³/mol. The van der Waals surface area contributed by atoms with Gasteiger partial charge in [-0.25, -0.2) is 0 Å². The zero-order valence-corrected chi connectivity index (χ0v) is 39.6. The van der Waals surface area contributed by atoms with E-state index in [-0.39, 0.29) is 27.1 Å². The molecule has 1 aliphatic heterocycles. The first-order chi connectivity index (χ1) is 29.7. The molecular formula is C60H60BN2. The molecule has 3 aliphatic rings. The molecule has 2 heterocycles. The van der Waals surface area contributed by atoms with Crippen molar-refractivity contribution in [1.29, 1.82) is 0 Å². The van der Waals surface area contributed by atoms with E-state index in [0.29, 0.717) is 0 Å². The Labute approximate surface area is 376 Å². The number of hydrogen-bond acceptors (Lipinski definition) is 1. The number of nitrogens with one attached hydrogen (secondary N) is 1. The number of nitrogens with zero attached hydrogens (tertiary/aromatic N) is 1. The highest BCUT2D eigenvalue weighted by Gasteiger charge is 2.44. The molecule has 1 radical (unpaired) electrons. The Morgan fingerprint density at radius 1 is 0.508 bits per heavy atom. The summed E-state index contributed by atoms with van der Waals surface area (Å²) >= 11 is 0. The third-order valence-corrected chi connectivity index (χ3v) is 15.1. The number of hydrogen-bond donors (Lipinski definition) is 1. The Kier molecular flexibility index (Phi) is 8.20. The lowest BCUT2D eigenvalue weighted by Gasteiger charge is -2.32. The van der Waals surface area contributed by atoms with Gasteiger partial charge in [0.25, 0.3) is 0 Å². The molecule has 11 rings (SSSR count). The molecule has 8 aromatic rings. The largest absolute Gasteiger partial charge is 0.355 e. The lowest BCUT2D eigenvalue weighted by atomic mass is 9.56. The van der Waals surface area contributed by atoms with E-state index in [4.69, 9.17) is 0 Å². The SMILES string of the molecule is CC(C)(C)c1ccc(Nc2ccc(C(C)(C)C)cc2-c2c3c(c4c5cc(C(C)(C)C)ccc5n5c4c2[B]c2cc4c(cc2-5)-c2ccccc2C4(C)C)-c2ccccc2C3(C)C)cc1. The minimum atomic E-state index is -0.277. The Bertz CT molecular complexity index is 3260. The standard InChI is InChI=1S/C60H60BN2/c1-56(2,3)34-22-26-37(27-23-34)62-47-28-24-35(57(4,5)6)30-41(47)52-53-50(39-19-15-17-21-44(39)60(53,12)13)51-42-31-36(58(7,8)9)25-29-48(42)63-49-32-40-38-18-14-16-20-43(38)59(10,11)45(40)33-46(49)61-54(52)55(51)63/h14-33,62H,1-13H3. The van der Waals surface area contributed by atoms with Gasteiger partial charge in [0.05, 0.1) is 5.52 Å². The van der Waals surface area contributed by atoms with Gasteiger partial charge in [-0.15, -0.1) is 0 Å². The normalized spacial score (nSPS) is 15.4. The van der Waals surface area contributed by atoms with Gasteiger partial charge in [0.2, 0.25) is 0 Å². The summed E-state index contributed by atoms with van der Waals surface area (Å²) in [6.45, 7) is 30.7. The number of aromatic nitrogens is 1. The van der Waals surface area contributed by atoms with Crippen LogP contribution in [0.25, 0.3) is 60.9 Å². The lowest BCUT2D eigenvalue weighted by Crippen LogP contribution is -2.39. The second-order valence-corrected chi connectivity index (χ2v) is 23.0. The first-order valence-corrected chi connectivity index (χ1v) is 23.1. The maximum absolute atomic E-state index is 4.00. The number of anilines is 2. The second-order valence-electron chi connectivity index (χ2n) is 23.0. The predicted octanol–water partition coefficient (Wildman–Crippen LogP) is 14.7. The van der Waals surface area contributed by atoms with E-state index in [1.165, 1.54) is 111 Å². The number of rotatable bonds is 3. The summed E-state index contributed by atoms with van der Waals surface area (Å²) < 4.78 is 2.65. The van der Waals surface area contributed by atoms with Crippen LogP contribution in [-0.4, -0.2) is 11.8 Å². The van der Waals surface area contributed by atoms with Crippen LogP contribution in [0.3, 0.4) is 0 Å². The molecule has 63 heavy (non-hydrogen) atoms. The first kappa shape index (κ1) is 40.0. The molecule has 313 valence electrons. The van der Waals surface area contributed by atoms with E-state index < -0.39 is 0 Å². The summed E-state index contributed by atoms with van der Waals surface area (Å²) in [4.78, 5) is 0. The summed E-state index contributed by atoms with van der Waals surface area (Å²) in [6, 6.07) is 47.0. The number of fused-ring (bicyclic) bond motifs is 12. The lowest BCUT2D eigenvalue weighted by molar-refractivity contribution is 0.590. The average molecular weight is 820 g/mol. The Balaban J connectivity index is 1.30. The zero-order valence-electron chi connectivity index (χ0n) is 39.6. The quantitative estimate of drug-likeness (QED) is 0.176. The van der Waals surface area contributed by atoms with Crippen molar-refractivity contribution in [2.24, 2.45) is 0 Å². The summed E-state index contributed by atoms with van der Waals surface area (Å²) in [5.41, 5.74) is 25.9. The van der Waals surface area contributed by atoms with Crippen LogP contribution >= 0.6 is 0 Å². The van der Waals surface area contributed by atoms with Gasteiger partial charge in [0.15, 0.2) is 7.28 Å². The number of benzene rings is 7. The van der Waals surface area contributed by atoms with Crippen molar-refractivity contribution in [3.05, 3.63) is 160 Å². The van der Waals surface area contributed by atoms with E-state index in [9.17, 15) is 0 Å². The van der Waals surface area contributed by atoms with Crippen molar-refractivity contribution in [3.8, 4) is 39.1 Å². The third kappa shape index (κ3) is 5.70. The van der Waals surface area contributed by atoms with Gasteiger partial charge in [0, 0.05) is 49.7 Å². The maximum atomic E-state index is 4.00. The fraction of sp³-hybridized carbons (Fsp3) is 0.300. The molecule has 0 bridgehead atoms. The van der Waals surface area contributed by atoms with Crippen molar-refractivity contribution >= 4 is 51.4 Å². The monoisotopic (exact) mass is 819 g/mol. The van der Waals surface area contributed by atoms with Gasteiger partial charge in [-0.1, -0.05) is 174 Å². The van der Waals surface area contributed by atoms with Crippen molar-refractivity contribution in [2.45, 2.75) is 117 Å². The van der Waals surface area contributed by atoms with Gasteiger partial charge >= 0.3 is 0 Å². The summed E-state index contributed by atoms with van der Waals surface area (Å²) in [5.74, 6) is 0. The van der Waals surface area contributed by atoms with Gasteiger partial charge < -0.3 is 9.88 Å². The van der Waals surface area contributed by atoms with Gasteiger partial charge in [0.1, 0.15) is 0 Å². The molecule has 0 amide bonds. The van der Waals surface area contributed by atoms with Crippen LogP contribution in [0.1, 0.15) is 129 Å². The fourth-order valence-electron chi connectivity index (χ4n) is 11.5. The second kappa shape index (κ2) is 12.9. The van der Waals surface area contributed by atoms with Crippen molar-refractivity contribution in [2.75, 3.05) is 5.32 Å². The van der Waals surface area contributed by atoms with Crippen LogP contribution in [-0.2, 0) is 27.1 Å². The first-order valence-electron chi connectivity index (χ1n) is 23.1. The summed E-state index contributed by atoms with van der Waals surface area (Å²) in [5, 5.41) is 6.70. The highest BCUT2D eigenvalue weighted by atomic mass is 15.0. The molecule has 7 aromatic carbocycles. The van der Waals surface area contributed by atoms with Gasteiger partial charge in [-0.05, 0) is 131 Å². The molecule has 0 spiro atoms. The Morgan fingerprint density at radius 3 is 1.76 bits per heavy atom. The molecular weight excluding hydrogens is 759 g/mol. The molecule has 0 unspecified atom stereocenters. The van der Waals surface area contributed by atoms with Gasteiger partial charge in [-0.2, -0.15) is 0 Å². The molecule has 0 atom stereocenters. The summed E-state index contributed by atoms with van der Waals surface area (Å²) in [6.07, 6.45) is 0. The van der Waals surface area contributed by atoms with E-state index in [1.54, 1.807) is 0 Å². The van der Waals surface area contributed by atoms with Crippen LogP contribution in [0.4, 0.5) is 11.4 Å². The molecule has 2 nitrogen and oxygen atoms in total. The van der Waals surface area contributed by atoms with Crippen LogP contribution in [0.5, 0.6) is 0 Å². The molecule has 3 heteroatoms. The van der Waals surface area contributed by atoms with Crippen LogP contribution in [0, 0.1) is 0 Å². The zero-order chi connectivity index (χ0) is 44.3. The highest BCUT2D eigenvalue weighted by Crippen LogP contribution is 2.58. The Hall–Kier alpha value is -5.80. The van der Waals surface area contributed by atoms with E-state index in [1.807, 2.05) is 0 Å². The third-order valence-electron chi connectivity index (χ3n) is 15.1. The van der Waals surface area contributed by atoms with Gasteiger partial charge in [-0.3, -0.25) is 0 Å². The average Bonchev–Trinajstić information content (AvgIpc) is 3.77. The topological polar surface area (TPSA) is 17.0 Å². The van der Waals surface area contributed by atoms with Crippen molar-refractivity contribution < 1.29 is 0 Å².